The van der Waals surface area contributed by atoms with Gasteiger partial charge in [0.05, 0.1) is 19.6 Å². The average molecular weight is 253 g/mol. The topological polar surface area (TPSA) is 35.5 Å². The lowest BCUT2D eigenvalue weighted by atomic mass is 10.0. The van der Waals surface area contributed by atoms with Gasteiger partial charge in [-0.15, -0.1) is 0 Å². The van der Waals surface area contributed by atoms with Crippen molar-refractivity contribution in [3.63, 3.8) is 0 Å². The summed E-state index contributed by atoms with van der Waals surface area (Å²) in [5.41, 5.74) is 2.10. The van der Waals surface area contributed by atoms with E-state index in [1.165, 1.54) is 0 Å². The summed E-state index contributed by atoms with van der Waals surface area (Å²) in [6.45, 7) is 1.12. The Morgan fingerprint density at radius 2 is 1.88 bits per heavy atom. The van der Waals surface area contributed by atoms with E-state index >= 15 is 0 Å². The lowest BCUT2D eigenvalue weighted by Gasteiger charge is -2.25. The molecule has 2 aliphatic rings. The van der Waals surface area contributed by atoms with Crippen LogP contribution in [0.1, 0.15) is 17.5 Å². The molecule has 1 aromatic carbocycles. The molecule has 1 aliphatic carbocycles. The molecule has 1 aromatic rings. The van der Waals surface area contributed by atoms with Crippen molar-refractivity contribution < 1.29 is 14.3 Å². The van der Waals surface area contributed by atoms with E-state index in [0.717, 1.165) is 11.1 Å². The number of carbonyl (C=O) groups excluding carboxylic acids is 1. The molecule has 1 fully saturated rings. The molecule has 1 spiro atoms. The van der Waals surface area contributed by atoms with Crippen LogP contribution < -0.4 is 0 Å². The molecule has 0 atom stereocenters. The number of carbonyl (C=O) groups is 1. The van der Waals surface area contributed by atoms with Crippen molar-refractivity contribution in [1.82, 2.24) is 0 Å². The first-order chi connectivity index (χ1) is 8.17. The zero-order valence-electron chi connectivity index (χ0n) is 9.37. The van der Waals surface area contributed by atoms with Gasteiger partial charge in [0.1, 0.15) is 5.78 Å². The molecule has 90 valence electrons. The van der Waals surface area contributed by atoms with Crippen molar-refractivity contribution >= 4 is 17.4 Å². The number of rotatable bonds is 0. The molecule has 0 aromatic heterocycles. The monoisotopic (exact) mass is 252 g/mol. The summed E-state index contributed by atoms with van der Waals surface area (Å²) in [5, 5.41) is 0.686. The normalized spacial score (nSPS) is 22.5. The number of benzene rings is 1. The molecule has 3 rings (SSSR count). The summed E-state index contributed by atoms with van der Waals surface area (Å²) < 4.78 is 11.3. The average Bonchev–Trinajstić information content (AvgIpc) is 2.64. The van der Waals surface area contributed by atoms with Crippen LogP contribution in [0.3, 0.4) is 0 Å². The molecule has 0 saturated carbocycles. The summed E-state index contributed by atoms with van der Waals surface area (Å²) in [6.07, 6.45) is 1.38. The third-order valence-corrected chi connectivity index (χ3v) is 3.53. The van der Waals surface area contributed by atoms with Gasteiger partial charge in [-0.3, -0.25) is 4.79 Å². The number of fused-ring (bicyclic) bond motifs is 1. The fourth-order valence-corrected chi connectivity index (χ4v) is 2.76. The smallest absolute Gasteiger partial charge is 0.179 e. The second-order valence-electron chi connectivity index (χ2n) is 4.59. The van der Waals surface area contributed by atoms with Crippen molar-refractivity contribution in [1.29, 1.82) is 0 Å². The SMILES string of the molecule is O=C1Cc2ccc(Cl)cc2CC2(C1)OCCO2. The Balaban J connectivity index is 2.02. The first-order valence-electron chi connectivity index (χ1n) is 5.74. The largest absolute Gasteiger partial charge is 0.347 e. The fourth-order valence-electron chi connectivity index (χ4n) is 2.56. The quantitative estimate of drug-likeness (QED) is 0.710. The van der Waals surface area contributed by atoms with E-state index in [4.69, 9.17) is 21.1 Å². The third-order valence-electron chi connectivity index (χ3n) is 3.30. The Morgan fingerprint density at radius 3 is 2.65 bits per heavy atom. The summed E-state index contributed by atoms with van der Waals surface area (Å²) >= 11 is 5.99. The highest BCUT2D eigenvalue weighted by Gasteiger charge is 2.41. The van der Waals surface area contributed by atoms with Crippen LogP contribution in [0.25, 0.3) is 0 Å². The summed E-state index contributed by atoms with van der Waals surface area (Å²) in [4.78, 5) is 11.9. The Hall–Kier alpha value is -0.900. The second kappa shape index (κ2) is 4.09. The number of ether oxygens (including phenoxy) is 2. The molecular weight excluding hydrogens is 240 g/mol. The van der Waals surface area contributed by atoms with E-state index < -0.39 is 5.79 Å². The zero-order valence-corrected chi connectivity index (χ0v) is 10.1. The molecule has 0 N–H and O–H groups in total. The molecule has 1 saturated heterocycles. The lowest BCUT2D eigenvalue weighted by molar-refractivity contribution is -0.166. The number of hydrogen-bond donors (Lipinski definition) is 0. The minimum absolute atomic E-state index is 0.160. The van der Waals surface area contributed by atoms with Crippen LogP contribution in [0, 0.1) is 0 Å². The van der Waals surface area contributed by atoms with Gasteiger partial charge >= 0.3 is 0 Å². The molecule has 1 aliphatic heterocycles. The molecule has 0 amide bonds. The first kappa shape index (κ1) is 11.2. The van der Waals surface area contributed by atoms with Gasteiger partial charge in [-0.2, -0.15) is 0 Å². The van der Waals surface area contributed by atoms with Gasteiger partial charge in [0.25, 0.3) is 0 Å². The minimum atomic E-state index is -0.743. The Kier molecular flexibility index (Phi) is 2.69. The zero-order chi connectivity index (χ0) is 11.9. The molecular formula is C13H13ClO3. The number of halogens is 1. The summed E-state index contributed by atoms with van der Waals surface area (Å²) in [5.74, 6) is -0.583. The van der Waals surface area contributed by atoms with E-state index in [1.807, 2.05) is 18.2 Å². The number of hydrogen-bond acceptors (Lipinski definition) is 3. The van der Waals surface area contributed by atoms with E-state index in [1.54, 1.807) is 0 Å². The maximum absolute atomic E-state index is 11.9. The summed E-state index contributed by atoms with van der Waals surface area (Å²) in [6, 6.07) is 5.65. The van der Waals surface area contributed by atoms with E-state index in [-0.39, 0.29) is 5.78 Å². The van der Waals surface area contributed by atoms with Crippen LogP contribution in [-0.4, -0.2) is 24.8 Å². The maximum Gasteiger partial charge on any atom is 0.179 e. The van der Waals surface area contributed by atoms with Crippen molar-refractivity contribution in [3.8, 4) is 0 Å². The Labute approximate surface area is 105 Å². The van der Waals surface area contributed by atoms with Crippen molar-refractivity contribution in [2.75, 3.05) is 13.2 Å². The summed E-state index contributed by atoms with van der Waals surface area (Å²) in [7, 11) is 0. The van der Waals surface area contributed by atoms with Crippen LogP contribution >= 0.6 is 11.6 Å². The van der Waals surface area contributed by atoms with E-state index in [0.29, 0.717) is 37.5 Å². The molecule has 4 heteroatoms. The predicted molar refractivity (Wildman–Crippen MR) is 63.1 cm³/mol. The highest BCUT2D eigenvalue weighted by Crippen LogP contribution is 2.33. The second-order valence-corrected chi connectivity index (χ2v) is 5.03. The van der Waals surface area contributed by atoms with Gasteiger partial charge in [-0.1, -0.05) is 17.7 Å². The van der Waals surface area contributed by atoms with E-state index in [2.05, 4.69) is 0 Å². The molecule has 0 radical (unpaired) electrons. The van der Waals surface area contributed by atoms with Crippen molar-refractivity contribution in [3.05, 3.63) is 34.3 Å². The highest BCUT2D eigenvalue weighted by molar-refractivity contribution is 6.30. The third kappa shape index (κ3) is 2.10. The van der Waals surface area contributed by atoms with Gasteiger partial charge < -0.3 is 9.47 Å². The molecule has 3 nitrogen and oxygen atoms in total. The van der Waals surface area contributed by atoms with Crippen molar-refractivity contribution in [2.45, 2.75) is 25.0 Å². The Bertz CT molecular complexity index is 464. The predicted octanol–water partition coefficient (Wildman–Crippen LogP) is 2.14. The van der Waals surface area contributed by atoms with Gasteiger partial charge in [-0.05, 0) is 23.3 Å². The standard InChI is InChI=1S/C13H13ClO3/c14-11-2-1-9-6-12(15)8-13(7-10(9)5-11)16-3-4-17-13/h1-2,5H,3-4,6-8H2. The minimum Gasteiger partial charge on any atom is -0.347 e. The van der Waals surface area contributed by atoms with Gasteiger partial charge in [0.15, 0.2) is 5.79 Å². The van der Waals surface area contributed by atoms with Crippen molar-refractivity contribution in [2.24, 2.45) is 0 Å². The Morgan fingerprint density at radius 1 is 1.12 bits per heavy atom. The van der Waals surface area contributed by atoms with Crippen LogP contribution in [0.4, 0.5) is 0 Å². The van der Waals surface area contributed by atoms with Crippen LogP contribution in [0.15, 0.2) is 18.2 Å². The molecule has 0 bridgehead atoms. The van der Waals surface area contributed by atoms with Crippen LogP contribution in [0.5, 0.6) is 0 Å². The lowest BCUT2D eigenvalue weighted by Crippen LogP contribution is -2.34. The fraction of sp³-hybridized carbons (Fsp3) is 0.462. The number of ketones is 1. The maximum atomic E-state index is 11.9. The van der Waals surface area contributed by atoms with Crippen LogP contribution in [0.2, 0.25) is 5.02 Å². The molecule has 0 unspecified atom stereocenters. The highest BCUT2D eigenvalue weighted by atomic mass is 35.5. The van der Waals surface area contributed by atoms with Gasteiger partial charge in [0, 0.05) is 17.9 Å². The van der Waals surface area contributed by atoms with Gasteiger partial charge in [0.2, 0.25) is 0 Å². The van der Waals surface area contributed by atoms with Gasteiger partial charge in [-0.25, -0.2) is 0 Å². The molecule has 1 heterocycles. The van der Waals surface area contributed by atoms with E-state index in [9.17, 15) is 4.79 Å². The first-order valence-corrected chi connectivity index (χ1v) is 6.12. The number of Topliss-reactive ketones (excluding diaryl/α,β-unsaturated/α-hetero) is 1. The van der Waals surface area contributed by atoms with Crippen LogP contribution in [-0.2, 0) is 27.1 Å². The molecule has 17 heavy (non-hydrogen) atoms.